The number of ether oxygens (including phenoxy) is 1. The summed E-state index contributed by atoms with van der Waals surface area (Å²) in [5, 5.41) is 0. The van der Waals surface area contributed by atoms with Crippen molar-refractivity contribution < 1.29 is 14.3 Å². The fourth-order valence-electron chi connectivity index (χ4n) is 4.13. The van der Waals surface area contributed by atoms with Gasteiger partial charge in [-0.3, -0.25) is 14.5 Å². The largest absolute Gasteiger partial charge is 0.377 e. The van der Waals surface area contributed by atoms with E-state index < -0.39 is 0 Å². The molecular formula is C25H29N3O3. The van der Waals surface area contributed by atoms with Crippen LogP contribution >= 0.6 is 0 Å². The fraction of sp³-hybridized carbons (Fsp3) is 0.360. The molecule has 0 aromatic heterocycles. The molecule has 0 unspecified atom stereocenters. The molecule has 2 heterocycles. The van der Waals surface area contributed by atoms with Gasteiger partial charge in [0.15, 0.2) is 0 Å². The van der Waals surface area contributed by atoms with Crippen LogP contribution in [0.4, 0.5) is 5.69 Å². The van der Waals surface area contributed by atoms with Crippen molar-refractivity contribution in [2.24, 2.45) is 0 Å². The number of piperazine rings is 1. The molecule has 2 aliphatic rings. The second-order valence-electron chi connectivity index (χ2n) is 8.08. The summed E-state index contributed by atoms with van der Waals surface area (Å²) in [6.07, 6.45) is 0.0555. The first-order valence-corrected chi connectivity index (χ1v) is 10.9. The Morgan fingerprint density at radius 1 is 0.806 bits per heavy atom. The lowest BCUT2D eigenvalue weighted by Gasteiger charge is -2.37. The number of amides is 2. The van der Waals surface area contributed by atoms with Crippen LogP contribution in [0.5, 0.6) is 0 Å². The van der Waals surface area contributed by atoms with Crippen LogP contribution in [0.15, 0.2) is 66.4 Å². The van der Waals surface area contributed by atoms with Gasteiger partial charge in [0, 0.05) is 31.9 Å². The van der Waals surface area contributed by atoms with E-state index in [1.54, 1.807) is 0 Å². The molecule has 4 rings (SSSR count). The summed E-state index contributed by atoms with van der Waals surface area (Å²) in [4.78, 5) is 32.4. The van der Waals surface area contributed by atoms with E-state index in [4.69, 9.17) is 4.74 Å². The van der Waals surface area contributed by atoms with Gasteiger partial charge in [-0.2, -0.15) is 0 Å². The number of carbonyl (C=O) groups excluding carboxylic acids is 2. The summed E-state index contributed by atoms with van der Waals surface area (Å²) in [5.74, 6) is -0.451. The second kappa shape index (κ2) is 9.35. The van der Waals surface area contributed by atoms with Gasteiger partial charge in [0.2, 0.25) is 0 Å². The molecule has 0 aliphatic carbocycles. The highest BCUT2D eigenvalue weighted by molar-refractivity contribution is 6.35. The van der Waals surface area contributed by atoms with Gasteiger partial charge in [-0.1, -0.05) is 48.5 Å². The zero-order valence-corrected chi connectivity index (χ0v) is 18.2. The molecule has 162 valence electrons. The number of anilines is 1. The predicted molar refractivity (Wildman–Crippen MR) is 121 cm³/mol. The van der Waals surface area contributed by atoms with Crippen LogP contribution in [0.1, 0.15) is 19.4 Å². The zero-order chi connectivity index (χ0) is 21.8. The molecule has 2 aromatic carbocycles. The Morgan fingerprint density at radius 3 is 2.00 bits per heavy atom. The van der Waals surface area contributed by atoms with Crippen molar-refractivity contribution in [3.8, 4) is 0 Å². The molecule has 1 fully saturated rings. The monoisotopic (exact) mass is 419 g/mol. The van der Waals surface area contributed by atoms with Gasteiger partial charge in [0.25, 0.3) is 11.8 Å². The van der Waals surface area contributed by atoms with Crippen molar-refractivity contribution in [2.45, 2.75) is 20.0 Å². The Kier molecular flexibility index (Phi) is 6.37. The maximum Gasteiger partial charge on any atom is 0.277 e. The van der Waals surface area contributed by atoms with E-state index in [0.717, 1.165) is 18.7 Å². The minimum atomic E-state index is -0.232. The smallest absolute Gasteiger partial charge is 0.277 e. The molecule has 0 radical (unpaired) electrons. The van der Waals surface area contributed by atoms with Crippen LogP contribution in [0, 0.1) is 0 Å². The first kappa shape index (κ1) is 21.1. The normalized spacial score (nSPS) is 17.3. The number of para-hydroxylation sites is 1. The molecule has 0 N–H and O–H groups in total. The summed E-state index contributed by atoms with van der Waals surface area (Å²) in [6, 6.07) is 19.8. The van der Waals surface area contributed by atoms with Crippen LogP contribution in [0.3, 0.4) is 0 Å². The molecule has 31 heavy (non-hydrogen) atoms. The Hall–Kier alpha value is -3.12. The SMILES string of the molecule is CC(C)OCCN1C(=O)C(c2ccccc2)=C(N2CCN(c3ccccc3)CC2)C1=O. The Balaban J connectivity index is 1.57. The van der Waals surface area contributed by atoms with Crippen molar-refractivity contribution in [1.29, 1.82) is 0 Å². The minimum Gasteiger partial charge on any atom is -0.377 e. The van der Waals surface area contributed by atoms with Gasteiger partial charge in [0.05, 0.1) is 24.8 Å². The summed E-state index contributed by atoms with van der Waals surface area (Å²) in [7, 11) is 0. The highest BCUT2D eigenvalue weighted by atomic mass is 16.5. The van der Waals surface area contributed by atoms with Gasteiger partial charge >= 0.3 is 0 Å². The van der Waals surface area contributed by atoms with Crippen molar-refractivity contribution in [2.75, 3.05) is 44.2 Å². The quantitative estimate of drug-likeness (QED) is 0.646. The van der Waals surface area contributed by atoms with Crippen molar-refractivity contribution >= 4 is 23.1 Å². The average molecular weight is 420 g/mol. The third-order valence-electron chi connectivity index (χ3n) is 5.69. The summed E-state index contributed by atoms with van der Waals surface area (Å²) < 4.78 is 5.60. The maximum absolute atomic E-state index is 13.4. The minimum absolute atomic E-state index is 0.0555. The van der Waals surface area contributed by atoms with Crippen molar-refractivity contribution in [1.82, 2.24) is 9.80 Å². The Morgan fingerprint density at radius 2 is 1.39 bits per heavy atom. The molecule has 0 bridgehead atoms. The number of imide groups is 1. The molecule has 1 saturated heterocycles. The number of rotatable bonds is 7. The molecular weight excluding hydrogens is 390 g/mol. The van der Waals surface area contributed by atoms with E-state index >= 15 is 0 Å². The molecule has 0 spiro atoms. The highest BCUT2D eigenvalue weighted by Crippen LogP contribution is 2.32. The van der Waals surface area contributed by atoms with Gasteiger partial charge < -0.3 is 14.5 Å². The maximum atomic E-state index is 13.4. The number of hydrogen-bond donors (Lipinski definition) is 0. The summed E-state index contributed by atoms with van der Waals surface area (Å²) >= 11 is 0. The Labute approximate surface area is 183 Å². The van der Waals surface area contributed by atoms with E-state index in [-0.39, 0.29) is 24.5 Å². The molecule has 0 saturated carbocycles. The number of benzene rings is 2. The van der Waals surface area contributed by atoms with E-state index in [1.807, 2.05) is 62.4 Å². The van der Waals surface area contributed by atoms with Gasteiger partial charge in [-0.05, 0) is 31.5 Å². The van der Waals surface area contributed by atoms with Gasteiger partial charge in [0.1, 0.15) is 5.70 Å². The third kappa shape index (κ3) is 4.49. The zero-order valence-electron chi connectivity index (χ0n) is 18.2. The molecule has 6 nitrogen and oxygen atoms in total. The number of carbonyl (C=O) groups is 2. The Bertz CT molecular complexity index is 948. The molecule has 2 aliphatic heterocycles. The molecule has 6 heteroatoms. The van der Waals surface area contributed by atoms with Gasteiger partial charge in [-0.15, -0.1) is 0 Å². The average Bonchev–Trinajstić information content (AvgIpc) is 3.05. The predicted octanol–water partition coefficient (Wildman–Crippen LogP) is 3.01. The third-order valence-corrected chi connectivity index (χ3v) is 5.69. The second-order valence-corrected chi connectivity index (χ2v) is 8.08. The van der Waals surface area contributed by atoms with Crippen LogP contribution < -0.4 is 4.90 Å². The van der Waals surface area contributed by atoms with E-state index in [2.05, 4.69) is 21.9 Å². The van der Waals surface area contributed by atoms with Crippen LogP contribution in [-0.2, 0) is 14.3 Å². The van der Waals surface area contributed by atoms with Crippen molar-refractivity contribution in [3.05, 3.63) is 71.9 Å². The summed E-state index contributed by atoms with van der Waals surface area (Å²) in [5.41, 5.74) is 2.99. The number of nitrogens with zero attached hydrogens (tertiary/aromatic N) is 3. The topological polar surface area (TPSA) is 53.1 Å². The van der Waals surface area contributed by atoms with Crippen LogP contribution in [-0.4, -0.2) is 67.0 Å². The number of hydrogen-bond acceptors (Lipinski definition) is 5. The van der Waals surface area contributed by atoms with E-state index in [9.17, 15) is 9.59 Å². The summed E-state index contributed by atoms with van der Waals surface area (Å²) in [6.45, 7) is 7.47. The first-order valence-electron chi connectivity index (χ1n) is 10.9. The molecule has 0 atom stereocenters. The lowest BCUT2D eigenvalue weighted by Crippen LogP contribution is -2.47. The van der Waals surface area contributed by atoms with E-state index in [1.165, 1.54) is 10.6 Å². The van der Waals surface area contributed by atoms with Crippen LogP contribution in [0.2, 0.25) is 0 Å². The standard InChI is InChI=1S/C25H29N3O3/c1-19(2)31-18-17-28-24(29)22(20-9-5-3-6-10-20)23(25(28)30)27-15-13-26(14-16-27)21-11-7-4-8-12-21/h3-12,19H,13-18H2,1-2H3. The van der Waals surface area contributed by atoms with Crippen molar-refractivity contribution in [3.63, 3.8) is 0 Å². The lowest BCUT2D eigenvalue weighted by atomic mass is 10.0. The van der Waals surface area contributed by atoms with Crippen LogP contribution in [0.25, 0.3) is 5.57 Å². The fourth-order valence-corrected chi connectivity index (χ4v) is 4.13. The molecule has 2 aromatic rings. The highest BCUT2D eigenvalue weighted by Gasteiger charge is 2.41. The lowest BCUT2D eigenvalue weighted by molar-refractivity contribution is -0.138. The van der Waals surface area contributed by atoms with Gasteiger partial charge in [-0.25, -0.2) is 0 Å². The molecule has 2 amide bonds. The van der Waals surface area contributed by atoms with E-state index in [0.29, 0.717) is 31.0 Å². The first-order chi connectivity index (χ1) is 15.1.